The number of rotatable bonds is 7. The molecule has 0 aliphatic carbocycles. The van der Waals surface area contributed by atoms with Gasteiger partial charge in [0.15, 0.2) is 15.8 Å². The van der Waals surface area contributed by atoms with Gasteiger partial charge >= 0.3 is 0 Å². The quantitative estimate of drug-likeness (QED) is 0.549. The van der Waals surface area contributed by atoms with Crippen LogP contribution < -0.4 is 10.6 Å². The molecule has 7 heteroatoms. The molecule has 0 heterocycles. The predicted octanol–water partition coefficient (Wildman–Crippen LogP) is 2.33. The highest BCUT2D eigenvalue weighted by molar-refractivity contribution is 7.90. The van der Waals surface area contributed by atoms with Gasteiger partial charge in [-0.05, 0) is 49.3 Å². The fourth-order valence-corrected chi connectivity index (χ4v) is 3.99. The van der Waals surface area contributed by atoms with Gasteiger partial charge in [-0.2, -0.15) is 0 Å². The second kappa shape index (κ2) is 9.71. The highest BCUT2D eigenvalue weighted by Gasteiger charge is 2.11. The van der Waals surface area contributed by atoms with Crippen molar-refractivity contribution in [3.63, 3.8) is 0 Å². The van der Waals surface area contributed by atoms with E-state index in [1.807, 2.05) is 19.1 Å². The lowest BCUT2D eigenvalue weighted by Gasteiger charge is -2.14. The molecule has 0 aromatic heterocycles. The van der Waals surface area contributed by atoms with Crippen LogP contribution in [0.1, 0.15) is 22.3 Å². The Labute approximate surface area is 168 Å². The summed E-state index contributed by atoms with van der Waals surface area (Å²) in [6.07, 6.45) is 1.23. The fourth-order valence-electron chi connectivity index (χ4n) is 3.03. The van der Waals surface area contributed by atoms with Crippen LogP contribution in [0.4, 0.5) is 0 Å². The van der Waals surface area contributed by atoms with Crippen LogP contribution >= 0.6 is 0 Å². The first-order valence-electron chi connectivity index (χ1n) is 9.15. The lowest BCUT2D eigenvalue weighted by Crippen LogP contribution is -2.36. The first-order valence-corrected chi connectivity index (χ1v) is 11.0. The third kappa shape index (κ3) is 6.65. The summed E-state index contributed by atoms with van der Waals surface area (Å²) in [5, 5.41) is 6.59. The summed E-state index contributed by atoms with van der Waals surface area (Å²) < 4.78 is 23.5. The van der Waals surface area contributed by atoms with E-state index < -0.39 is 9.84 Å². The molecule has 0 aliphatic rings. The van der Waals surface area contributed by atoms with Crippen molar-refractivity contribution in [2.45, 2.75) is 31.5 Å². The van der Waals surface area contributed by atoms with Gasteiger partial charge in [0, 0.05) is 32.9 Å². The highest BCUT2D eigenvalue weighted by atomic mass is 32.2. The van der Waals surface area contributed by atoms with E-state index in [4.69, 9.17) is 0 Å². The molecule has 2 N–H and O–H groups in total. The van der Waals surface area contributed by atoms with Gasteiger partial charge in [0.25, 0.3) is 0 Å². The molecule has 6 nitrogen and oxygen atoms in total. The Morgan fingerprint density at radius 2 is 1.61 bits per heavy atom. The molecule has 2 rings (SSSR count). The first-order chi connectivity index (χ1) is 13.2. The second-order valence-corrected chi connectivity index (χ2v) is 9.19. The summed E-state index contributed by atoms with van der Waals surface area (Å²) in [4.78, 5) is 6.77. The Bertz CT molecular complexity index is 937. The average Bonchev–Trinajstić information content (AvgIpc) is 2.60. The van der Waals surface area contributed by atoms with Crippen molar-refractivity contribution < 1.29 is 8.42 Å². The molecule has 0 radical (unpaired) electrons. The Hall–Kier alpha value is -2.38. The number of hydrogen-bond acceptors (Lipinski definition) is 4. The maximum atomic E-state index is 11.7. The molecule has 0 saturated carbocycles. The maximum Gasteiger partial charge on any atom is 0.191 e. The van der Waals surface area contributed by atoms with Crippen LogP contribution in [0.5, 0.6) is 0 Å². The minimum atomic E-state index is -3.20. The second-order valence-electron chi connectivity index (χ2n) is 7.21. The fraction of sp³-hybridized carbons (Fsp3) is 0.381. The zero-order chi connectivity index (χ0) is 20.7. The van der Waals surface area contributed by atoms with Gasteiger partial charge in [-0.1, -0.05) is 36.4 Å². The lowest BCUT2D eigenvalue weighted by atomic mass is 10.1. The number of hydrogen-bond donors (Lipinski definition) is 2. The van der Waals surface area contributed by atoms with Crippen molar-refractivity contribution in [1.82, 2.24) is 15.5 Å². The zero-order valence-corrected chi connectivity index (χ0v) is 18.1. The molecule has 0 saturated heterocycles. The average molecular weight is 403 g/mol. The molecule has 0 aliphatic heterocycles. The number of nitrogens with one attached hydrogen (secondary N) is 2. The van der Waals surface area contributed by atoms with Crippen LogP contribution in [-0.4, -0.2) is 46.7 Å². The van der Waals surface area contributed by atoms with E-state index in [2.05, 4.69) is 58.9 Å². The number of guanidine groups is 1. The van der Waals surface area contributed by atoms with Crippen molar-refractivity contribution in [2.24, 2.45) is 4.99 Å². The van der Waals surface area contributed by atoms with Crippen LogP contribution in [0, 0.1) is 6.92 Å². The Morgan fingerprint density at radius 3 is 2.14 bits per heavy atom. The van der Waals surface area contributed by atoms with E-state index in [9.17, 15) is 8.42 Å². The number of nitrogens with zero attached hydrogens (tertiary/aromatic N) is 2. The third-order valence-electron chi connectivity index (χ3n) is 4.27. The van der Waals surface area contributed by atoms with Crippen molar-refractivity contribution in [2.75, 3.05) is 27.4 Å². The molecule has 0 unspecified atom stereocenters. The van der Waals surface area contributed by atoms with Crippen LogP contribution in [0.3, 0.4) is 0 Å². The molecule has 152 valence electrons. The van der Waals surface area contributed by atoms with Crippen LogP contribution in [-0.2, 0) is 29.5 Å². The monoisotopic (exact) mass is 402 g/mol. The van der Waals surface area contributed by atoms with Gasteiger partial charge in [-0.3, -0.25) is 4.99 Å². The van der Waals surface area contributed by atoms with E-state index in [1.165, 1.54) is 17.4 Å². The molecule has 0 amide bonds. The Kier molecular flexibility index (Phi) is 7.60. The predicted molar refractivity (Wildman–Crippen MR) is 115 cm³/mol. The Morgan fingerprint density at radius 1 is 1.00 bits per heavy atom. The van der Waals surface area contributed by atoms with Gasteiger partial charge in [0.2, 0.25) is 0 Å². The summed E-state index contributed by atoms with van der Waals surface area (Å²) >= 11 is 0. The van der Waals surface area contributed by atoms with Crippen molar-refractivity contribution in [1.29, 1.82) is 0 Å². The largest absolute Gasteiger partial charge is 0.352 e. The number of aliphatic imine (C=N–C) groups is 1. The molecule has 0 spiro atoms. The smallest absolute Gasteiger partial charge is 0.191 e. The zero-order valence-electron chi connectivity index (χ0n) is 17.3. The van der Waals surface area contributed by atoms with Gasteiger partial charge in [-0.25, -0.2) is 8.42 Å². The van der Waals surface area contributed by atoms with Crippen molar-refractivity contribution in [3.8, 4) is 0 Å². The first kappa shape index (κ1) is 21.9. The van der Waals surface area contributed by atoms with E-state index in [0.29, 0.717) is 23.9 Å². The lowest BCUT2D eigenvalue weighted by molar-refractivity contribution is 0.402. The van der Waals surface area contributed by atoms with Crippen LogP contribution in [0.25, 0.3) is 0 Å². The number of benzene rings is 2. The molecular formula is C21H30N4O2S. The minimum absolute atomic E-state index is 0.372. The molecular weight excluding hydrogens is 372 g/mol. The van der Waals surface area contributed by atoms with Crippen molar-refractivity contribution >= 4 is 15.8 Å². The van der Waals surface area contributed by atoms with Gasteiger partial charge in [0.05, 0.1) is 4.90 Å². The standard InChI is InChI=1S/C21H30N4O2S/c1-16-11-18(9-10-20(16)28(5,26)27)14-24-21(22-2)23-13-17-7-6-8-19(12-17)15-25(3)4/h6-12H,13-15H2,1-5H3,(H2,22,23,24). The van der Waals surface area contributed by atoms with Crippen LogP contribution in [0.15, 0.2) is 52.4 Å². The molecule has 0 fully saturated rings. The molecule has 2 aromatic carbocycles. The summed E-state index contributed by atoms with van der Waals surface area (Å²) in [6, 6.07) is 13.8. The van der Waals surface area contributed by atoms with Gasteiger partial charge in [-0.15, -0.1) is 0 Å². The van der Waals surface area contributed by atoms with E-state index in [-0.39, 0.29) is 0 Å². The SMILES string of the molecule is CN=C(NCc1cccc(CN(C)C)c1)NCc1ccc(S(C)(=O)=O)c(C)c1. The van der Waals surface area contributed by atoms with E-state index in [1.54, 1.807) is 13.1 Å². The summed E-state index contributed by atoms with van der Waals surface area (Å²) in [7, 11) is 2.65. The summed E-state index contributed by atoms with van der Waals surface area (Å²) in [6.45, 7) is 3.95. The van der Waals surface area contributed by atoms with Crippen molar-refractivity contribution in [3.05, 3.63) is 64.7 Å². The molecule has 0 bridgehead atoms. The van der Waals surface area contributed by atoms with E-state index >= 15 is 0 Å². The normalized spacial score (nSPS) is 12.3. The molecule has 28 heavy (non-hydrogen) atoms. The molecule has 2 aromatic rings. The number of sulfone groups is 1. The highest BCUT2D eigenvalue weighted by Crippen LogP contribution is 2.16. The molecule has 0 atom stereocenters. The van der Waals surface area contributed by atoms with E-state index in [0.717, 1.165) is 17.7 Å². The maximum absolute atomic E-state index is 11.7. The summed E-state index contributed by atoms with van der Waals surface area (Å²) in [5.74, 6) is 0.697. The topological polar surface area (TPSA) is 73.8 Å². The van der Waals surface area contributed by atoms with Gasteiger partial charge in [0.1, 0.15) is 0 Å². The minimum Gasteiger partial charge on any atom is -0.352 e. The summed E-state index contributed by atoms with van der Waals surface area (Å²) in [5.41, 5.74) is 4.22. The van der Waals surface area contributed by atoms with Gasteiger partial charge < -0.3 is 15.5 Å². The number of aryl methyl sites for hydroxylation is 1. The van der Waals surface area contributed by atoms with Crippen LogP contribution in [0.2, 0.25) is 0 Å². The third-order valence-corrected chi connectivity index (χ3v) is 5.53. The Balaban J connectivity index is 1.94.